The van der Waals surface area contributed by atoms with Gasteiger partial charge in [-0.25, -0.2) is 4.39 Å². The third-order valence-corrected chi connectivity index (χ3v) is 3.30. The van der Waals surface area contributed by atoms with Crippen LogP contribution in [0.25, 0.3) is 0 Å². The Balaban J connectivity index is 2.43. The zero-order chi connectivity index (χ0) is 15.8. The van der Waals surface area contributed by atoms with Gasteiger partial charge >= 0.3 is 6.18 Å². The van der Waals surface area contributed by atoms with Crippen LogP contribution in [0, 0.1) is 19.7 Å². The van der Waals surface area contributed by atoms with Gasteiger partial charge in [0.05, 0.1) is 5.56 Å². The summed E-state index contributed by atoms with van der Waals surface area (Å²) in [5.41, 5.74) is 0.214. The first-order valence-corrected chi connectivity index (χ1v) is 6.78. The van der Waals surface area contributed by atoms with Gasteiger partial charge in [0.1, 0.15) is 17.3 Å². The summed E-state index contributed by atoms with van der Waals surface area (Å²) in [6, 6.07) is 5.84. The first-order chi connectivity index (χ1) is 9.66. The number of hydrogen-bond acceptors (Lipinski definition) is 1. The van der Waals surface area contributed by atoms with Crippen LogP contribution in [0.3, 0.4) is 0 Å². The number of alkyl halides is 3. The molecule has 0 aliphatic heterocycles. The van der Waals surface area contributed by atoms with Crippen LogP contribution in [0.1, 0.15) is 16.7 Å². The van der Waals surface area contributed by atoms with E-state index in [1.807, 2.05) is 0 Å². The van der Waals surface area contributed by atoms with Crippen molar-refractivity contribution in [1.29, 1.82) is 0 Å². The smallest absolute Gasteiger partial charge is 0.416 e. The SMILES string of the molecule is Cc1cc(F)cc(C)c1Oc1cc(Br)cc(C(F)(F)F)c1. The highest BCUT2D eigenvalue weighted by Gasteiger charge is 2.31. The van der Waals surface area contributed by atoms with Gasteiger partial charge in [0.2, 0.25) is 0 Å². The van der Waals surface area contributed by atoms with E-state index in [9.17, 15) is 17.6 Å². The molecule has 0 fully saturated rings. The van der Waals surface area contributed by atoms with Crippen LogP contribution in [0.2, 0.25) is 0 Å². The van der Waals surface area contributed by atoms with E-state index >= 15 is 0 Å². The van der Waals surface area contributed by atoms with Gasteiger partial charge in [0.25, 0.3) is 0 Å². The maximum atomic E-state index is 13.2. The minimum Gasteiger partial charge on any atom is -0.457 e. The fourth-order valence-electron chi connectivity index (χ4n) is 1.96. The Morgan fingerprint density at radius 3 is 2.05 bits per heavy atom. The Hall–Kier alpha value is -1.56. The Labute approximate surface area is 127 Å². The fraction of sp³-hybridized carbons (Fsp3) is 0.200. The van der Waals surface area contributed by atoms with E-state index in [1.165, 1.54) is 18.2 Å². The summed E-state index contributed by atoms with van der Waals surface area (Å²) in [4.78, 5) is 0. The Bertz CT molecular complexity index is 657. The molecule has 2 rings (SSSR count). The lowest BCUT2D eigenvalue weighted by atomic mass is 10.1. The van der Waals surface area contributed by atoms with Crippen molar-refractivity contribution in [2.45, 2.75) is 20.0 Å². The van der Waals surface area contributed by atoms with Crippen molar-refractivity contribution in [2.75, 3.05) is 0 Å². The molecule has 0 radical (unpaired) electrons. The molecule has 1 nitrogen and oxygen atoms in total. The molecule has 0 saturated carbocycles. The molecule has 0 aliphatic carbocycles. The number of benzene rings is 2. The molecule has 2 aromatic rings. The third-order valence-electron chi connectivity index (χ3n) is 2.84. The zero-order valence-corrected chi connectivity index (χ0v) is 12.8. The van der Waals surface area contributed by atoms with E-state index in [2.05, 4.69) is 15.9 Å². The molecule has 2 aromatic carbocycles. The zero-order valence-electron chi connectivity index (χ0n) is 11.2. The van der Waals surface area contributed by atoms with E-state index < -0.39 is 17.6 Å². The predicted octanol–water partition coefficient (Wildman–Crippen LogP) is 6.02. The van der Waals surface area contributed by atoms with Crippen LogP contribution in [-0.2, 0) is 6.18 Å². The molecular formula is C15H11BrF4O. The van der Waals surface area contributed by atoms with Gasteiger partial charge in [-0.05, 0) is 55.3 Å². The molecule has 0 spiro atoms. The van der Waals surface area contributed by atoms with Crippen LogP contribution in [0.4, 0.5) is 17.6 Å². The molecule has 112 valence electrons. The highest BCUT2D eigenvalue weighted by molar-refractivity contribution is 9.10. The molecule has 0 unspecified atom stereocenters. The number of halogens is 5. The molecule has 0 aliphatic rings. The van der Waals surface area contributed by atoms with Gasteiger partial charge in [-0.2, -0.15) is 13.2 Å². The van der Waals surface area contributed by atoms with Crippen LogP contribution >= 0.6 is 15.9 Å². The normalized spacial score (nSPS) is 11.6. The van der Waals surface area contributed by atoms with Crippen molar-refractivity contribution >= 4 is 15.9 Å². The average molecular weight is 363 g/mol. The van der Waals surface area contributed by atoms with E-state index in [4.69, 9.17) is 4.74 Å². The van der Waals surface area contributed by atoms with Crippen LogP contribution in [0.5, 0.6) is 11.5 Å². The van der Waals surface area contributed by atoms with Crippen LogP contribution in [0.15, 0.2) is 34.8 Å². The van der Waals surface area contributed by atoms with Crippen molar-refractivity contribution < 1.29 is 22.3 Å². The van der Waals surface area contributed by atoms with Gasteiger partial charge in [-0.1, -0.05) is 15.9 Å². The standard InChI is InChI=1S/C15H11BrF4O/c1-8-3-12(17)4-9(2)14(8)21-13-6-10(15(18,19)20)5-11(16)7-13/h3-7H,1-2H3. The summed E-state index contributed by atoms with van der Waals surface area (Å²) in [6.45, 7) is 3.27. The minimum atomic E-state index is -4.46. The van der Waals surface area contributed by atoms with Gasteiger partial charge in [-0.15, -0.1) is 0 Å². The first kappa shape index (κ1) is 15.8. The summed E-state index contributed by atoms with van der Waals surface area (Å²) in [5.74, 6) is -0.0281. The lowest BCUT2D eigenvalue weighted by Crippen LogP contribution is -2.05. The molecule has 0 heterocycles. The largest absolute Gasteiger partial charge is 0.457 e. The highest BCUT2D eigenvalue weighted by atomic mass is 79.9. The second-order valence-electron chi connectivity index (χ2n) is 4.64. The van der Waals surface area contributed by atoms with Crippen molar-refractivity contribution in [2.24, 2.45) is 0 Å². The minimum absolute atomic E-state index is 0.0366. The molecule has 0 amide bonds. The lowest BCUT2D eigenvalue weighted by Gasteiger charge is -2.14. The monoisotopic (exact) mass is 362 g/mol. The Morgan fingerprint density at radius 1 is 0.952 bits per heavy atom. The fourth-order valence-corrected chi connectivity index (χ4v) is 2.43. The van der Waals surface area contributed by atoms with E-state index in [-0.39, 0.29) is 10.2 Å². The average Bonchev–Trinajstić information content (AvgIpc) is 2.32. The quantitative estimate of drug-likeness (QED) is 0.593. The lowest BCUT2D eigenvalue weighted by molar-refractivity contribution is -0.137. The molecule has 0 N–H and O–H groups in total. The summed E-state index contributed by atoms with van der Waals surface area (Å²) >= 11 is 3.03. The molecule has 0 bridgehead atoms. The summed E-state index contributed by atoms with van der Waals surface area (Å²) in [5, 5.41) is 0. The Kier molecular flexibility index (Phi) is 4.27. The van der Waals surface area contributed by atoms with Crippen molar-refractivity contribution in [1.82, 2.24) is 0 Å². The number of ether oxygens (including phenoxy) is 1. The number of hydrogen-bond donors (Lipinski definition) is 0. The second kappa shape index (κ2) is 5.67. The van der Waals surface area contributed by atoms with Crippen LogP contribution < -0.4 is 4.74 Å². The summed E-state index contributed by atoms with van der Waals surface area (Å²) < 4.78 is 57.3. The molecule has 6 heteroatoms. The summed E-state index contributed by atoms with van der Waals surface area (Å²) in [7, 11) is 0. The van der Waals surface area contributed by atoms with Crippen LogP contribution in [-0.4, -0.2) is 0 Å². The van der Waals surface area contributed by atoms with Crippen molar-refractivity contribution in [3.05, 3.63) is 57.3 Å². The molecule has 0 saturated heterocycles. The van der Waals surface area contributed by atoms with Gasteiger partial charge in [0, 0.05) is 4.47 Å². The highest BCUT2D eigenvalue weighted by Crippen LogP contribution is 2.37. The number of rotatable bonds is 2. The topological polar surface area (TPSA) is 9.23 Å². The molecular weight excluding hydrogens is 352 g/mol. The van der Waals surface area contributed by atoms with Crippen molar-refractivity contribution in [3.63, 3.8) is 0 Å². The second-order valence-corrected chi connectivity index (χ2v) is 5.56. The van der Waals surface area contributed by atoms with Crippen molar-refractivity contribution in [3.8, 4) is 11.5 Å². The van der Waals surface area contributed by atoms with Gasteiger partial charge in [-0.3, -0.25) is 0 Å². The van der Waals surface area contributed by atoms with E-state index in [0.29, 0.717) is 16.9 Å². The number of aryl methyl sites for hydroxylation is 2. The molecule has 0 aromatic heterocycles. The predicted molar refractivity (Wildman–Crippen MR) is 75.1 cm³/mol. The Morgan fingerprint density at radius 2 is 1.52 bits per heavy atom. The maximum Gasteiger partial charge on any atom is 0.416 e. The summed E-state index contributed by atoms with van der Waals surface area (Å²) in [6.07, 6.45) is -4.46. The molecule has 0 atom stereocenters. The third kappa shape index (κ3) is 3.75. The van der Waals surface area contributed by atoms with E-state index in [0.717, 1.165) is 12.1 Å². The van der Waals surface area contributed by atoms with Gasteiger partial charge in [0.15, 0.2) is 0 Å². The maximum absolute atomic E-state index is 13.2. The van der Waals surface area contributed by atoms with Gasteiger partial charge < -0.3 is 4.74 Å². The van der Waals surface area contributed by atoms with E-state index in [1.54, 1.807) is 13.8 Å². The first-order valence-electron chi connectivity index (χ1n) is 5.99. The molecule has 21 heavy (non-hydrogen) atoms.